The molecule has 2 atom stereocenters. The Balaban J connectivity index is 1.86. The molecule has 2 nitrogen and oxygen atoms in total. The zero-order valence-electron chi connectivity index (χ0n) is 19.9. The van der Waals surface area contributed by atoms with E-state index >= 15 is 0 Å². The standard InChI is InChI=1S/C28H38O2Si/c1-7-23(3)27-21-22(2)20-24(30-27)18-19-29-31(28(4,5)6,25-14-10-8-11-15-25)26-16-12-9-13-17-26/h7-17,24,27H,2,18-21H2,1,3-6H3/b23-7+/t24-,27-/m0/s1. The van der Waals surface area contributed by atoms with E-state index in [0.29, 0.717) is 6.61 Å². The lowest BCUT2D eigenvalue weighted by molar-refractivity contribution is -0.0218. The van der Waals surface area contributed by atoms with Gasteiger partial charge in [0.05, 0.1) is 12.2 Å². The Morgan fingerprint density at radius 3 is 2.06 bits per heavy atom. The average Bonchev–Trinajstić information content (AvgIpc) is 2.76. The highest BCUT2D eigenvalue weighted by Crippen LogP contribution is 2.37. The van der Waals surface area contributed by atoms with Crippen molar-refractivity contribution in [3.8, 4) is 0 Å². The van der Waals surface area contributed by atoms with E-state index in [4.69, 9.17) is 9.16 Å². The van der Waals surface area contributed by atoms with Gasteiger partial charge in [0.2, 0.25) is 0 Å². The highest BCUT2D eigenvalue weighted by Gasteiger charge is 2.50. The van der Waals surface area contributed by atoms with Gasteiger partial charge in [-0.3, -0.25) is 0 Å². The third kappa shape index (κ3) is 5.28. The maximum Gasteiger partial charge on any atom is 0.261 e. The lowest BCUT2D eigenvalue weighted by Crippen LogP contribution is -2.66. The van der Waals surface area contributed by atoms with Crippen molar-refractivity contribution in [1.29, 1.82) is 0 Å². The Kier molecular flexibility index (Phi) is 7.74. The molecule has 0 amide bonds. The van der Waals surface area contributed by atoms with Gasteiger partial charge < -0.3 is 9.16 Å². The van der Waals surface area contributed by atoms with Crippen molar-refractivity contribution in [2.45, 2.75) is 71.1 Å². The fourth-order valence-corrected chi connectivity index (χ4v) is 9.30. The maximum atomic E-state index is 7.04. The van der Waals surface area contributed by atoms with Gasteiger partial charge in [0.1, 0.15) is 0 Å². The molecule has 3 heteroatoms. The molecular formula is C28H38O2Si. The largest absolute Gasteiger partial charge is 0.407 e. The van der Waals surface area contributed by atoms with Crippen LogP contribution in [-0.4, -0.2) is 27.1 Å². The lowest BCUT2D eigenvalue weighted by Gasteiger charge is -2.43. The zero-order valence-corrected chi connectivity index (χ0v) is 20.9. The second-order valence-electron chi connectivity index (χ2n) is 9.74. The van der Waals surface area contributed by atoms with Gasteiger partial charge in [-0.25, -0.2) is 0 Å². The van der Waals surface area contributed by atoms with E-state index in [1.54, 1.807) is 0 Å². The molecule has 0 radical (unpaired) electrons. The summed E-state index contributed by atoms with van der Waals surface area (Å²) in [6, 6.07) is 21.7. The normalized spacial score (nSPS) is 20.7. The number of ether oxygens (including phenoxy) is 1. The van der Waals surface area contributed by atoms with Crippen LogP contribution >= 0.6 is 0 Å². The maximum absolute atomic E-state index is 7.04. The molecule has 166 valence electrons. The average molecular weight is 435 g/mol. The second kappa shape index (κ2) is 10.1. The van der Waals surface area contributed by atoms with Gasteiger partial charge in [0.25, 0.3) is 8.32 Å². The number of rotatable bonds is 7. The molecule has 2 aromatic carbocycles. The van der Waals surface area contributed by atoms with Gasteiger partial charge >= 0.3 is 0 Å². The molecule has 1 saturated heterocycles. The Bertz CT molecular complexity index is 841. The van der Waals surface area contributed by atoms with E-state index in [-0.39, 0.29) is 17.2 Å². The molecule has 1 aliphatic rings. The van der Waals surface area contributed by atoms with Crippen molar-refractivity contribution in [1.82, 2.24) is 0 Å². The lowest BCUT2D eigenvalue weighted by atomic mass is 9.94. The smallest absolute Gasteiger partial charge is 0.261 e. The minimum atomic E-state index is -2.49. The van der Waals surface area contributed by atoms with Crippen LogP contribution in [0.1, 0.15) is 53.9 Å². The van der Waals surface area contributed by atoms with Gasteiger partial charge in [0, 0.05) is 6.61 Å². The van der Waals surface area contributed by atoms with E-state index in [1.165, 1.54) is 21.5 Å². The first kappa shape index (κ1) is 23.7. The number of allylic oxidation sites excluding steroid dienone is 1. The van der Waals surface area contributed by atoms with E-state index in [1.807, 2.05) is 0 Å². The Hall–Kier alpha value is -1.94. The molecule has 1 aliphatic heterocycles. The molecule has 0 N–H and O–H groups in total. The van der Waals surface area contributed by atoms with E-state index in [0.717, 1.165) is 19.3 Å². The summed E-state index contributed by atoms with van der Waals surface area (Å²) in [4.78, 5) is 0. The topological polar surface area (TPSA) is 18.5 Å². The number of hydrogen-bond acceptors (Lipinski definition) is 2. The van der Waals surface area contributed by atoms with Crippen molar-refractivity contribution in [3.05, 3.63) is 84.5 Å². The van der Waals surface area contributed by atoms with E-state index in [2.05, 4.69) is 108 Å². The predicted octanol–water partition coefficient (Wildman–Crippen LogP) is 6.02. The third-order valence-corrected chi connectivity index (χ3v) is 11.5. The van der Waals surface area contributed by atoms with Crippen LogP contribution < -0.4 is 10.4 Å². The summed E-state index contributed by atoms with van der Waals surface area (Å²) in [7, 11) is -2.49. The minimum Gasteiger partial charge on any atom is -0.407 e. The van der Waals surface area contributed by atoms with E-state index in [9.17, 15) is 0 Å². The van der Waals surface area contributed by atoms with Crippen LogP contribution in [0.15, 0.2) is 84.5 Å². The van der Waals surface area contributed by atoms with E-state index < -0.39 is 8.32 Å². The van der Waals surface area contributed by atoms with Crippen molar-refractivity contribution >= 4 is 18.7 Å². The Morgan fingerprint density at radius 2 is 1.58 bits per heavy atom. The molecular weight excluding hydrogens is 396 g/mol. The molecule has 0 bridgehead atoms. The van der Waals surface area contributed by atoms with Crippen LogP contribution in [0, 0.1) is 0 Å². The predicted molar refractivity (Wildman–Crippen MR) is 135 cm³/mol. The first-order valence-electron chi connectivity index (χ1n) is 11.5. The van der Waals surface area contributed by atoms with Crippen LogP contribution in [0.4, 0.5) is 0 Å². The van der Waals surface area contributed by atoms with Crippen molar-refractivity contribution < 1.29 is 9.16 Å². The fourth-order valence-electron chi connectivity index (χ4n) is 4.73. The number of benzene rings is 2. The molecule has 1 fully saturated rings. The number of hydrogen-bond donors (Lipinski definition) is 0. The SMILES string of the molecule is C=C1C[C@H](CCO[Si](c2ccccc2)(c2ccccc2)C(C)(C)C)O[C@H](/C(C)=C/C)C1. The second-order valence-corrected chi connectivity index (χ2v) is 14.0. The molecule has 0 aliphatic carbocycles. The van der Waals surface area contributed by atoms with Crippen LogP contribution in [-0.2, 0) is 9.16 Å². The summed E-state index contributed by atoms with van der Waals surface area (Å²) in [6.07, 6.45) is 5.22. The van der Waals surface area contributed by atoms with Crippen molar-refractivity contribution in [3.63, 3.8) is 0 Å². The fraction of sp³-hybridized carbons (Fsp3) is 0.429. The van der Waals surface area contributed by atoms with Gasteiger partial charge in [-0.15, -0.1) is 0 Å². The molecule has 2 aromatic rings. The minimum absolute atomic E-state index is 0.00318. The van der Waals surface area contributed by atoms with Crippen LogP contribution in [0.5, 0.6) is 0 Å². The molecule has 0 spiro atoms. The Labute approximate surface area is 190 Å². The first-order chi connectivity index (χ1) is 14.8. The van der Waals surface area contributed by atoms with Gasteiger partial charge in [0.15, 0.2) is 0 Å². The van der Waals surface area contributed by atoms with Crippen molar-refractivity contribution in [2.75, 3.05) is 6.61 Å². The summed E-state index contributed by atoms with van der Waals surface area (Å²) >= 11 is 0. The molecule has 1 heterocycles. The van der Waals surface area contributed by atoms with Crippen LogP contribution in [0.3, 0.4) is 0 Å². The molecule has 0 unspecified atom stereocenters. The van der Waals surface area contributed by atoms with Gasteiger partial charge in [-0.05, 0) is 54.1 Å². The van der Waals surface area contributed by atoms with Crippen molar-refractivity contribution in [2.24, 2.45) is 0 Å². The summed E-state index contributed by atoms with van der Waals surface area (Å²) < 4.78 is 13.5. The van der Waals surface area contributed by atoms with Crippen LogP contribution in [0.25, 0.3) is 0 Å². The highest BCUT2D eigenvalue weighted by atomic mass is 28.4. The molecule has 0 saturated carbocycles. The molecule has 0 aromatic heterocycles. The zero-order chi connectivity index (χ0) is 22.5. The summed E-state index contributed by atoms with van der Waals surface area (Å²) in [5, 5.41) is 2.65. The summed E-state index contributed by atoms with van der Waals surface area (Å²) in [5.41, 5.74) is 2.58. The van der Waals surface area contributed by atoms with Gasteiger partial charge in [-0.1, -0.05) is 99.7 Å². The summed E-state index contributed by atoms with van der Waals surface area (Å²) in [6.45, 7) is 16.2. The van der Waals surface area contributed by atoms with Gasteiger partial charge in [-0.2, -0.15) is 0 Å². The monoisotopic (exact) mass is 434 g/mol. The third-order valence-electron chi connectivity index (χ3n) is 6.49. The quantitative estimate of drug-likeness (QED) is 0.392. The van der Waals surface area contributed by atoms with Crippen LogP contribution in [0.2, 0.25) is 5.04 Å². The first-order valence-corrected chi connectivity index (χ1v) is 13.4. The molecule has 3 rings (SSSR count). The highest BCUT2D eigenvalue weighted by molar-refractivity contribution is 6.99. The summed E-state index contributed by atoms with van der Waals surface area (Å²) in [5.74, 6) is 0. The molecule has 31 heavy (non-hydrogen) atoms. The Morgan fingerprint density at radius 1 is 1.03 bits per heavy atom.